The molecular formula is C18H25N3O5S. The zero-order valence-electron chi connectivity index (χ0n) is 15.6. The third-order valence-corrected chi connectivity index (χ3v) is 7.35. The van der Waals surface area contributed by atoms with Crippen molar-refractivity contribution in [2.75, 3.05) is 57.9 Å². The van der Waals surface area contributed by atoms with E-state index in [0.29, 0.717) is 50.9 Å². The first-order valence-electron chi connectivity index (χ1n) is 9.19. The normalized spacial score (nSPS) is 26.8. The molecule has 0 unspecified atom stereocenters. The highest BCUT2D eigenvalue weighted by molar-refractivity contribution is 7.89. The third kappa shape index (κ3) is 3.44. The fraction of sp³-hybridized carbons (Fsp3) is 0.611. The molecule has 1 aromatic carbocycles. The molecule has 27 heavy (non-hydrogen) atoms. The monoisotopic (exact) mass is 395 g/mol. The second-order valence-corrected chi connectivity index (χ2v) is 9.41. The van der Waals surface area contributed by atoms with Crippen molar-refractivity contribution in [1.29, 1.82) is 0 Å². The van der Waals surface area contributed by atoms with E-state index in [9.17, 15) is 13.2 Å². The van der Waals surface area contributed by atoms with Gasteiger partial charge in [-0.3, -0.25) is 9.69 Å². The Balaban J connectivity index is 1.68. The Labute approximate surface area is 159 Å². The number of nitrogens with zero attached hydrogens (tertiary/aromatic N) is 3. The van der Waals surface area contributed by atoms with Crippen LogP contribution in [-0.2, 0) is 19.6 Å². The van der Waals surface area contributed by atoms with E-state index in [4.69, 9.17) is 9.47 Å². The maximum Gasteiger partial charge on any atom is 0.243 e. The summed E-state index contributed by atoms with van der Waals surface area (Å²) in [7, 11) is -1.66. The van der Waals surface area contributed by atoms with Gasteiger partial charge in [0.15, 0.2) is 0 Å². The summed E-state index contributed by atoms with van der Waals surface area (Å²) >= 11 is 0. The number of carbonyl (C=O) groups is 1. The number of likely N-dealkylation sites (N-methyl/N-ethyl adjacent to an activating group) is 1. The quantitative estimate of drug-likeness (QED) is 0.721. The number of benzene rings is 1. The van der Waals surface area contributed by atoms with Crippen molar-refractivity contribution < 1.29 is 22.7 Å². The van der Waals surface area contributed by atoms with E-state index < -0.39 is 10.0 Å². The Morgan fingerprint density at radius 2 is 2.00 bits per heavy atom. The lowest BCUT2D eigenvalue weighted by molar-refractivity contribution is -0.116. The molecule has 0 N–H and O–H groups in total. The molecule has 0 spiro atoms. The van der Waals surface area contributed by atoms with E-state index in [1.54, 1.807) is 27.4 Å². The van der Waals surface area contributed by atoms with Crippen molar-refractivity contribution in [3.05, 3.63) is 18.2 Å². The highest BCUT2D eigenvalue weighted by atomic mass is 32.2. The summed E-state index contributed by atoms with van der Waals surface area (Å²) in [4.78, 5) is 15.9. The van der Waals surface area contributed by atoms with Gasteiger partial charge < -0.3 is 14.4 Å². The summed E-state index contributed by atoms with van der Waals surface area (Å²) in [5.41, 5.74) is 0.519. The molecule has 3 aliphatic rings. The van der Waals surface area contributed by atoms with Crippen LogP contribution >= 0.6 is 0 Å². The number of rotatable bonds is 2. The van der Waals surface area contributed by atoms with Crippen LogP contribution in [0.2, 0.25) is 0 Å². The molecule has 2 fully saturated rings. The summed E-state index contributed by atoms with van der Waals surface area (Å²) in [5, 5.41) is 0. The standard InChI is InChI=1S/C18H25N3O5S/c1-13(22)21-5-6-26-18-4-3-16(7-17(18)21)27(23,24)20-9-14-8-19(2)15(10-20)12-25-11-14/h3-4,7,14-15H,5-6,8-12H2,1-2H3/t14-,15+/m1/s1. The number of amides is 1. The summed E-state index contributed by atoms with van der Waals surface area (Å²) in [5.74, 6) is 0.556. The number of hydrogen-bond acceptors (Lipinski definition) is 6. The first kappa shape index (κ1) is 18.7. The minimum Gasteiger partial charge on any atom is -0.490 e. The number of sulfonamides is 1. The fourth-order valence-corrected chi connectivity index (χ4v) is 5.61. The summed E-state index contributed by atoms with van der Waals surface area (Å²) in [6.07, 6.45) is 0. The molecule has 8 nitrogen and oxygen atoms in total. The molecule has 0 saturated carbocycles. The van der Waals surface area contributed by atoms with Gasteiger partial charge in [-0.05, 0) is 25.2 Å². The Morgan fingerprint density at radius 1 is 1.19 bits per heavy atom. The zero-order valence-corrected chi connectivity index (χ0v) is 16.4. The van der Waals surface area contributed by atoms with Gasteiger partial charge in [-0.2, -0.15) is 4.31 Å². The number of ether oxygens (including phenoxy) is 2. The average molecular weight is 395 g/mol. The van der Waals surface area contributed by atoms with E-state index in [2.05, 4.69) is 4.90 Å². The molecule has 4 rings (SSSR count). The first-order chi connectivity index (χ1) is 12.9. The van der Waals surface area contributed by atoms with Crippen LogP contribution in [0.5, 0.6) is 5.75 Å². The van der Waals surface area contributed by atoms with Crippen molar-refractivity contribution in [1.82, 2.24) is 9.21 Å². The SMILES string of the molecule is CC(=O)N1CCOc2ccc(S(=O)(=O)N3C[C@@H]4COC[C@H](C3)N(C)C4)cc21. The van der Waals surface area contributed by atoms with Crippen molar-refractivity contribution >= 4 is 21.6 Å². The Kier molecular flexibility index (Phi) is 4.87. The molecule has 1 amide bonds. The van der Waals surface area contributed by atoms with E-state index in [-0.39, 0.29) is 22.8 Å². The Hall–Kier alpha value is -1.68. The molecule has 0 radical (unpaired) electrons. The molecule has 2 atom stereocenters. The van der Waals surface area contributed by atoms with Crippen LogP contribution in [0.1, 0.15) is 6.92 Å². The molecule has 3 aliphatic heterocycles. The summed E-state index contributed by atoms with van der Waals surface area (Å²) in [6, 6.07) is 4.82. The van der Waals surface area contributed by atoms with E-state index in [1.807, 2.05) is 7.05 Å². The molecule has 3 heterocycles. The minimum atomic E-state index is -3.68. The molecule has 0 aliphatic carbocycles. The van der Waals surface area contributed by atoms with Crippen LogP contribution in [0.4, 0.5) is 5.69 Å². The van der Waals surface area contributed by atoms with Crippen LogP contribution in [0, 0.1) is 5.92 Å². The van der Waals surface area contributed by atoms with Gasteiger partial charge in [0.25, 0.3) is 0 Å². The number of anilines is 1. The molecule has 0 aromatic heterocycles. The van der Waals surface area contributed by atoms with Gasteiger partial charge in [0, 0.05) is 38.5 Å². The zero-order chi connectivity index (χ0) is 19.2. The Bertz CT molecular complexity index is 843. The maximum absolute atomic E-state index is 13.4. The minimum absolute atomic E-state index is 0.0435. The van der Waals surface area contributed by atoms with Gasteiger partial charge in [-0.1, -0.05) is 0 Å². The second kappa shape index (κ2) is 7.05. The highest BCUT2D eigenvalue weighted by Gasteiger charge is 2.37. The van der Waals surface area contributed by atoms with Gasteiger partial charge in [-0.15, -0.1) is 0 Å². The van der Waals surface area contributed by atoms with E-state index >= 15 is 0 Å². The van der Waals surface area contributed by atoms with Crippen molar-refractivity contribution in [3.63, 3.8) is 0 Å². The summed E-state index contributed by atoms with van der Waals surface area (Å²) < 4.78 is 39.6. The largest absolute Gasteiger partial charge is 0.490 e. The fourth-order valence-electron chi connectivity index (χ4n) is 4.04. The maximum atomic E-state index is 13.4. The second-order valence-electron chi connectivity index (χ2n) is 7.47. The lowest BCUT2D eigenvalue weighted by Gasteiger charge is -2.31. The van der Waals surface area contributed by atoms with Crippen LogP contribution in [0.3, 0.4) is 0 Å². The van der Waals surface area contributed by atoms with Gasteiger partial charge in [0.1, 0.15) is 12.4 Å². The molecule has 9 heteroatoms. The number of fused-ring (bicyclic) bond motifs is 4. The lowest BCUT2D eigenvalue weighted by Crippen LogP contribution is -2.44. The smallest absolute Gasteiger partial charge is 0.243 e. The molecule has 2 saturated heterocycles. The van der Waals surface area contributed by atoms with Gasteiger partial charge in [-0.25, -0.2) is 8.42 Å². The molecule has 1 aromatic rings. The lowest BCUT2D eigenvalue weighted by atomic mass is 10.1. The number of carbonyl (C=O) groups excluding carboxylic acids is 1. The van der Waals surface area contributed by atoms with Gasteiger partial charge in [0.05, 0.1) is 30.3 Å². The van der Waals surface area contributed by atoms with Gasteiger partial charge in [0.2, 0.25) is 15.9 Å². The van der Waals surface area contributed by atoms with E-state index in [0.717, 1.165) is 6.54 Å². The van der Waals surface area contributed by atoms with Crippen LogP contribution in [-0.4, -0.2) is 82.6 Å². The molecular weight excluding hydrogens is 370 g/mol. The van der Waals surface area contributed by atoms with Crippen LogP contribution < -0.4 is 9.64 Å². The van der Waals surface area contributed by atoms with Gasteiger partial charge >= 0.3 is 0 Å². The summed E-state index contributed by atoms with van der Waals surface area (Å²) in [6.45, 7) is 5.07. The van der Waals surface area contributed by atoms with Crippen molar-refractivity contribution in [3.8, 4) is 5.75 Å². The van der Waals surface area contributed by atoms with Crippen LogP contribution in [0.15, 0.2) is 23.1 Å². The first-order valence-corrected chi connectivity index (χ1v) is 10.6. The third-order valence-electron chi connectivity index (χ3n) is 5.52. The van der Waals surface area contributed by atoms with Crippen molar-refractivity contribution in [2.24, 2.45) is 5.92 Å². The Morgan fingerprint density at radius 3 is 2.78 bits per heavy atom. The molecule has 2 bridgehead atoms. The molecule has 148 valence electrons. The number of hydrogen-bond donors (Lipinski definition) is 0. The van der Waals surface area contributed by atoms with Crippen molar-refractivity contribution in [2.45, 2.75) is 17.9 Å². The van der Waals surface area contributed by atoms with Crippen LogP contribution in [0.25, 0.3) is 0 Å². The topological polar surface area (TPSA) is 79.4 Å². The predicted molar refractivity (Wildman–Crippen MR) is 99.4 cm³/mol. The predicted octanol–water partition coefficient (Wildman–Crippen LogP) is 0.383. The average Bonchev–Trinajstić information content (AvgIpc) is 2.89. The van der Waals surface area contributed by atoms with E-state index in [1.165, 1.54) is 6.92 Å². The highest BCUT2D eigenvalue weighted by Crippen LogP contribution is 2.35.